The first-order valence-corrected chi connectivity index (χ1v) is 10.0. The highest BCUT2D eigenvalue weighted by Crippen LogP contribution is 2.32. The zero-order valence-electron chi connectivity index (χ0n) is 17.3. The number of rotatable bonds is 2. The van der Waals surface area contributed by atoms with E-state index >= 15 is 0 Å². The van der Waals surface area contributed by atoms with Crippen LogP contribution in [0.2, 0.25) is 0 Å². The molecule has 1 aromatic heterocycles. The Morgan fingerprint density at radius 3 is 2.68 bits per heavy atom. The third-order valence-electron chi connectivity index (χ3n) is 6.31. The standard InChI is InChI=1S/C22H30N4O.ClH/c1-14-8-9-17(15(2)12-14)26-18-7-5-6-16(18)20(24-26)21(27)25-11-10-19(23)22(3,4)13-25;/h8-9,12,19H,5-7,10-11,13,23H2,1-4H3;1H. The van der Waals surface area contributed by atoms with E-state index in [1.54, 1.807) is 0 Å². The smallest absolute Gasteiger partial charge is 0.274 e. The van der Waals surface area contributed by atoms with E-state index < -0.39 is 0 Å². The number of aromatic nitrogens is 2. The molecule has 0 saturated carbocycles. The van der Waals surface area contributed by atoms with Crippen LogP contribution in [0.4, 0.5) is 0 Å². The summed E-state index contributed by atoms with van der Waals surface area (Å²) in [6.45, 7) is 9.92. The average molecular weight is 403 g/mol. The Morgan fingerprint density at radius 2 is 2.00 bits per heavy atom. The molecule has 152 valence electrons. The molecular formula is C22H31ClN4O. The molecule has 5 nitrogen and oxygen atoms in total. The summed E-state index contributed by atoms with van der Waals surface area (Å²) in [4.78, 5) is 15.3. The molecule has 1 aromatic carbocycles. The van der Waals surface area contributed by atoms with Gasteiger partial charge in [0.25, 0.3) is 5.91 Å². The second-order valence-electron chi connectivity index (χ2n) is 8.94. The van der Waals surface area contributed by atoms with Crippen LogP contribution in [0.3, 0.4) is 0 Å². The molecule has 1 fully saturated rings. The van der Waals surface area contributed by atoms with Gasteiger partial charge in [0.1, 0.15) is 0 Å². The summed E-state index contributed by atoms with van der Waals surface area (Å²) >= 11 is 0. The third kappa shape index (κ3) is 3.46. The Morgan fingerprint density at radius 1 is 1.25 bits per heavy atom. The van der Waals surface area contributed by atoms with E-state index in [1.807, 2.05) is 9.58 Å². The Labute approximate surface area is 173 Å². The largest absolute Gasteiger partial charge is 0.337 e. The van der Waals surface area contributed by atoms with Gasteiger partial charge < -0.3 is 10.6 Å². The normalized spacial score (nSPS) is 20.6. The van der Waals surface area contributed by atoms with E-state index in [9.17, 15) is 4.79 Å². The molecule has 0 bridgehead atoms. The number of fused-ring (bicyclic) bond motifs is 1. The highest BCUT2D eigenvalue weighted by atomic mass is 35.5. The predicted molar refractivity (Wildman–Crippen MR) is 115 cm³/mol. The van der Waals surface area contributed by atoms with Gasteiger partial charge in [-0.3, -0.25) is 4.79 Å². The summed E-state index contributed by atoms with van der Waals surface area (Å²) in [5, 5.41) is 4.83. The van der Waals surface area contributed by atoms with Crippen LogP contribution in [0.5, 0.6) is 0 Å². The molecule has 1 aliphatic carbocycles. The first-order valence-electron chi connectivity index (χ1n) is 10.0. The van der Waals surface area contributed by atoms with Gasteiger partial charge in [-0.15, -0.1) is 12.4 Å². The summed E-state index contributed by atoms with van der Waals surface area (Å²) < 4.78 is 2.02. The van der Waals surface area contributed by atoms with Crippen LogP contribution < -0.4 is 5.73 Å². The number of benzene rings is 1. The number of carbonyl (C=O) groups excluding carboxylic acids is 1. The van der Waals surface area contributed by atoms with Crippen molar-refractivity contribution in [3.8, 4) is 5.69 Å². The second-order valence-corrected chi connectivity index (χ2v) is 8.94. The van der Waals surface area contributed by atoms with Gasteiger partial charge >= 0.3 is 0 Å². The van der Waals surface area contributed by atoms with Crippen molar-refractivity contribution in [2.75, 3.05) is 13.1 Å². The van der Waals surface area contributed by atoms with Crippen molar-refractivity contribution in [2.24, 2.45) is 11.1 Å². The third-order valence-corrected chi connectivity index (χ3v) is 6.31. The van der Waals surface area contributed by atoms with Crippen LogP contribution in [0.25, 0.3) is 5.69 Å². The minimum Gasteiger partial charge on any atom is -0.337 e. The van der Waals surface area contributed by atoms with Gasteiger partial charge in [0.15, 0.2) is 5.69 Å². The maximum Gasteiger partial charge on any atom is 0.274 e. The van der Waals surface area contributed by atoms with E-state index in [2.05, 4.69) is 45.9 Å². The molecule has 2 aliphatic rings. The fraction of sp³-hybridized carbons (Fsp3) is 0.545. The lowest BCUT2D eigenvalue weighted by molar-refractivity contribution is 0.0526. The highest BCUT2D eigenvalue weighted by Gasteiger charge is 2.38. The maximum atomic E-state index is 13.3. The number of nitrogens with zero attached hydrogens (tertiary/aromatic N) is 3. The molecule has 1 atom stereocenters. The number of halogens is 1. The number of hydrogen-bond donors (Lipinski definition) is 1. The van der Waals surface area contributed by atoms with Crippen LogP contribution >= 0.6 is 12.4 Å². The van der Waals surface area contributed by atoms with Crippen LogP contribution in [0.1, 0.15) is 59.6 Å². The number of hydrogen-bond acceptors (Lipinski definition) is 3. The number of piperidine rings is 1. The van der Waals surface area contributed by atoms with E-state index in [0.29, 0.717) is 18.8 Å². The maximum absolute atomic E-state index is 13.3. The van der Waals surface area contributed by atoms with Gasteiger partial charge in [-0.1, -0.05) is 31.5 Å². The summed E-state index contributed by atoms with van der Waals surface area (Å²) in [5.41, 5.74) is 12.7. The molecular weight excluding hydrogens is 372 g/mol. The topological polar surface area (TPSA) is 64.2 Å². The lowest BCUT2D eigenvalue weighted by atomic mass is 9.79. The van der Waals surface area contributed by atoms with E-state index in [0.717, 1.165) is 36.9 Å². The molecule has 2 heterocycles. The average Bonchev–Trinajstić information content (AvgIpc) is 3.20. The zero-order chi connectivity index (χ0) is 19.3. The molecule has 4 rings (SSSR count). The molecule has 6 heteroatoms. The summed E-state index contributed by atoms with van der Waals surface area (Å²) in [5.74, 6) is 0.0663. The minimum atomic E-state index is -0.0623. The van der Waals surface area contributed by atoms with Crippen LogP contribution in [0.15, 0.2) is 18.2 Å². The molecule has 0 radical (unpaired) electrons. The van der Waals surface area contributed by atoms with Gasteiger partial charge in [-0.25, -0.2) is 4.68 Å². The van der Waals surface area contributed by atoms with Crippen molar-refractivity contribution in [3.05, 3.63) is 46.3 Å². The van der Waals surface area contributed by atoms with E-state index in [1.165, 1.54) is 16.8 Å². The number of likely N-dealkylation sites (tertiary alicyclic amines) is 1. The van der Waals surface area contributed by atoms with E-state index in [4.69, 9.17) is 10.8 Å². The van der Waals surface area contributed by atoms with Gasteiger partial charge in [-0.2, -0.15) is 5.10 Å². The second kappa shape index (κ2) is 7.53. The van der Waals surface area contributed by atoms with Crippen molar-refractivity contribution >= 4 is 18.3 Å². The molecule has 1 unspecified atom stereocenters. The first kappa shape index (κ1) is 20.9. The fourth-order valence-corrected chi connectivity index (χ4v) is 4.55. The molecule has 1 saturated heterocycles. The SMILES string of the molecule is Cc1ccc(-n2nc(C(=O)N3CCC(N)C(C)(C)C3)c3c2CCC3)c(C)c1.Cl. The quantitative estimate of drug-likeness (QED) is 0.834. The molecule has 28 heavy (non-hydrogen) atoms. The number of carbonyl (C=O) groups is 1. The van der Waals surface area contributed by atoms with Gasteiger partial charge in [0.2, 0.25) is 0 Å². The van der Waals surface area contributed by atoms with Crippen molar-refractivity contribution in [1.82, 2.24) is 14.7 Å². The lowest BCUT2D eigenvalue weighted by Crippen LogP contribution is -2.54. The first-order chi connectivity index (χ1) is 12.8. The van der Waals surface area contributed by atoms with Crippen LogP contribution in [-0.4, -0.2) is 39.7 Å². The molecule has 2 aromatic rings. The van der Waals surface area contributed by atoms with Gasteiger partial charge in [-0.05, 0) is 56.6 Å². The van der Waals surface area contributed by atoms with Gasteiger partial charge in [0, 0.05) is 30.4 Å². The van der Waals surface area contributed by atoms with Crippen molar-refractivity contribution in [3.63, 3.8) is 0 Å². The molecule has 1 amide bonds. The Balaban J connectivity index is 0.00000225. The van der Waals surface area contributed by atoms with Crippen molar-refractivity contribution in [1.29, 1.82) is 0 Å². The molecule has 1 aliphatic heterocycles. The summed E-state index contributed by atoms with van der Waals surface area (Å²) in [6.07, 6.45) is 3.87. The van der Waals surface area contributed by atoms with Crippen LogP contribution in [-0.2, 0) is 12.8 Å². The fourth-order valence-electron chi connectivity index (χ4n) is 4.55. The molecule has 0 spiro atoms. The Bertz CT molecular complexity index is 902. The zero-order valence-corrected chi connectivity index (χ0v) is 18.1. The number of amides is 1. The Hall–Kier alpha value is -1.85. The monoisotopic (exact) mass is 402 g/mol. The Kier molecular flexibility index (Phi) is 5.61. The minimum absolute atomic E-state index is 0. The summed E-state index contributed by atoms with van der Waals surface area (Å²) in [6, 6.07) is 6.55. The van der Waals surface area contributed by atoms with Crippen LogP contribution in [0, 0.1) is 19.3 Å². The van der Waals surface area contributed by atoms with E-state index in [-0.39, 0.29) is 29.8 Å². The van der Waals surface area contributed by atoms with Crippen molar-refractivity contribution < 1.29 is 4.79 Å². The van der Waals surface area contributed by atoms with Crippen molar-refractivity contribution in [2.45, 2.75) is 59.4 Å². The van der Waals surface area contributed by atoms with Gasteiger partial charge in [0.05, 0.1) is 5.69 Å². The summed E-state index contributed by atoms with van der Waals surface area (Å²) in [7, 11) is 0. The number of aryl methyl sites for hydroxylation is 2. The number of nitrogens with two attached hydrogens (primary N) is 1. The highest BCUT2D eigenvalue weighted by molar-refractivity contribution is 5.94. The molecule has 2 N–H and O–H groups in total. The lowest BCUT2D eigenvalue weighted by Gasteiger charge is -2.42. The predicted octanol–water partition coefficient (Wildman–Crippen LogP) is 3.60.